The minimum atomic E-state index is -0.285. The van der Waals surface area contributed by atoms with E-state index in [1.165, 1.54) is 0 Å². The van der Waals surface area contributed by atoms with E-state index in [9.17, 15) is 9.59 Å². The summed E-state index contributed by atoms with van der Waals surface area (Å²) >= 11 is 0. The van der Waals surface area contributed by atoms with Gasteiger partial charge in [0.1, 0.15) is 36.2 Å². The van der Waals surface area contributed by atoms with E-state index in [0.29, 0.717) is 102 Å². The Morgan fingerprint density at radius 2 is 0.850 bits per heavy atom. The summed E-state index contributed by atoms with van der Waals surface area (Å²) in [5, 5.41) is 0. The highest BCUT2D eigenvalue weighted by atomic mass is 16.6. The number of esters is 2. The molecule has 0 spiro atoms. The van der Waals surface area contributed by atoms with Gasteiger partial charge in [-0.25, -0.2) is 0 Å². The molecule has 0 unspecified atom stereocenters. The van der Waals surface area contributed by atoms with Gasteiger partial charge in [-0.05, 0) is 74.2 Å². The first-order chi connectivity index (χ1) is 19.6. The van der Waals surface area contributed by atoms with Crippen molar-refractivity contribution in [3.63, 3.8) is 0 Å². The smallest absolute Gasteiger partial charge is 0.314 e. The molecule has 10 heteroatoms. The van der Waals surface area contributed by atoms with Crippen LogP contribution in [-0.2, 0) is 28.5 Å². The Morgan fingerprint density at radius 1 is 0.525 bits per heavy atom. The van der Waals surface area contributed by atoms with Crippen LogP contribution < -0.4 is 18.9 Å². The predicted octanol–water partition coefficient (Wildman–Crippen LogP) is 4.09. The molecule has 2 aromatic rings. The van der Waals surface area contributed by atoms with Crippen LogP contribution in [0.3, 0.4) is 0 Å². The monoisotopic (exact) mass is 560 g/mol. The SMILES string of the molecule is COCCOCCOc1ccc(OC(=O)C2CCC(C(=O)Oc3ccc(OCCOCCOC)cc3)CC2)cc1. The summed E-state index contributed by atoms with van der Waals surface area (Å²) in [4.78, 5) is 25.3. The van der Waals surface area contributed by atoms with Crippen molar-refractivity contribution >= 4 is 11.9 Å². The van der Waals surface area contributed by atoms with Crippen molar-refractivity contribution in [1.29, 1.82) is 0 Å². The van der Waals surface area contributed by atoms with Gasteiger partial charge in [-0.3, -0.25) is 9.59 Å². The van der Waals surface area contributed by atoms with E-state index in [1.807, 2.05) is 0 Å². The molecule has 0 heterocycles. The zero-order chi connectivity index (χ0) is 28.4. The maximum Gasteiger partial charge on any atom is 0.314 e. The van der Waals surface area contributed by atoms with Gasteiger partial charge >= 0.3 is 11.9 Å². The van der Waals surface area contributed by atoms with Gasteiger partial charge in [0.25, 0.3) is 0 Å². The van der Waals surface area contributed by atoms with Crippen LogP contribution in [0.25, 0.3) is 0 Å². The fourth-order valence-electron chi connectivity index (χ4n) is 4.10. The second-order valence-electron chi connectivity index (χ2n) is 9.24. The lowest BCUT2D eigenvalue weighted by atomic mass is 9.82. The number of methoxy groups -OCH3 is 2. The van der Waals surface area contributed by atoms with Gasteiger partial charge in [0.2, 0.25) is 0 Å². The van der Waals surface area contributed by atoms with E-state index in [1.54, 1.807) is 62.8 Å². The summed E-state index contributed by atoms with van der Waals surface area (Å²) in [6.45, 7) is 3.90. The fourth-order valence-corrected chi connectivity index (χ4v) is 4.10. The lowest BCUT2D eigenvalue weighted by molar-refractivity contribution is -0.145. The molecule has 0 amide bonds. The average molecular weight is 561 g/mol. The zero-order valence-corrected chi connectivity index (χ0v) is 23.3. The summed E-state index contributed by atoms with van der Waals surface area (Å²) in [5.41, 5.74) is 0. The van der Waals surface area contributed by atoms with E-state index in [2.05, 4.69) is 0 Å². The van der Waals surface area contributed by atoms with Crippen LogP contribution in [-0.4, -0.2) is 79.0 Å². The third-order valence-electron chi connectivity index (χ3n) is 6.33. The van der Waals surface area contributed by atoms with E-state index < -0.39 is 0 Å². The molecule has 220 valence electrons. The molecule has 40 heavy (non-hydrogen) atoms. The van der Waals surface area contributed by atoms with Gasteiger partial charge in [0.05, 0.1) is 51.5 Å². The van der Waals surface area contributed by atoms with Crippen molar-refractivity contribution in [2.75, 3.05) is 67.1 Å². The molecule has 10 nitrogen and oxygen atoms in total. The van der Waals surface area contributed by atoms with E-state index >= 15 is 0 Å². The summed E-state index contributed by atoms with van der Waals surface area (Å²) in [5.74, 6) is 1.18. The van der Waals surface area contributed by atoms with E-state index in [4.69, 9.17) is 37.9 Å². The topological polar surface area (TPSA) is 108 Å². The summed E-state index contributed by atoms with van der Waals surface area (Å²) in [7, 11) is 3.25. The normalized spacial score (nSPS) is 16.8. The van der Waals surface area contributed by atoms with Crippen molar-refractivity contribution in [2.45, 2.75) is 25.7 Å². The lowest BCUT2D eigenvalue weighted by Crippen LogP contribution is -2.30. The zero-order valence-electron chi connectivity index (χ0n) is 23.3. The molecule has 1 aliphatic carbocycles. The number of carbonyl (C=O) groups excluding carboxylic acids is 2. The Morgan fingerprint density at radius 3 is 1.20 bits per heavy atom. The van der Waals surface area contributed by atoms with Crippen LogP contribution in [0.2, 0.25) is 0 Å². The maximum absolute atomic E-state index is 12.7. The van der Waals surface area contributed by atoms with Crippen LogP contribution in [0.4, 0.5) is 0 Å². The Hall–Kier alpha value is -3.18. The van der Waals surface area contributed by atoms with E-state index in [0.717, 1.165) is 0 Å². The van der Waals surface area contributed by atoms with Gasteiger partial charge in [0.15, 0.2) is 0 Å². The molecule has 1 fully saturated rings. The summed E-state index contributed by atoms with van der Waals surface area (Å²) in [6.07, 6.45) is 2.29. The highest BCUT2D eigenvalue weighted by molar-refractivity contribution is 5.77. The number of rotatable bonds is 18. The van der Waals surface area contributed by atoms with Crippen molar-refractivity contribution < 1.29 is 47.5 Å². The number of hydrogen-bond donors (Lipinski definition) is 0. The molecule has 0 radical (unpaired) electrons. The van der Waals surface area contributed by atoms with Gasteiger partial charge in [-0.2, -0.15) is 0 Å². The largest absolute Gasteiger partial charge is 0.491 e. The molecule has 0 bridgehead atoms. The highest BCUT2D eigenvalue weighted by Crippen LogP contribution is 2.32. The number of hydrogen-bond acceptors (Lipinski definition) is 10. The molecular weight excluding hydrogens is 520 g/mol. The quantitative estimate of drug-likeness (QED) is 0.150. The van der Waals surface area contributed by atoms with Gasteiger partial charge in [0, 0.05) is 14.2 Å². The first-order valence-electron chi connectivity index (χ1n) is 13.6. The highest BCUT2D eigenvalue weighted by Gasteiger charge is 2.32. The van der Waals surface area contributed by atoms with Crippen molar-refractivity contribution in [3.05, 3.63) is 48.5 Å². The molecule has 3 rings (SSSR count). The minimum Gasteiger partial charge on any atom is -0.491 e. The second kappa shape index (κ2) is 18.2. The lowest BCUT2D eigenvalue weighted by Gasteiger charge is -2.25. The van der Waals surface area contributed by atoms with Gasteiger partial charge in [-0.15, -0.1) is 0 Å². The number of ether oxygens (including phenoxy) is 8. The minimum absolute atomic E-state index is 0.251. The maximum atomic E-state index is 12.7. The van der Waals surface area contributed by atoms with Crippen LogP contribution in [0.1, 0.15) is 25.7 Å². The van der Waals surface area contributed by atoms with Gasteiger partial charge < -0.3 is 37.9 Å². The first-order valence-corrected chi connectivity index (χ1v) is 13.6. The third-order valence-corrected chi connectivity index (χ3v) is 6.33. The molecule has 0 saturated heterocycles. The average Bonchev–Trinajstić information content (AvgIpc) is 2.98. The molecule has 0 N–H and O–H groups in total. The van der Waals surface area contributed by atoms with Crippen molar-refractivity contribution in [2.24, 2.45) is 11.8 Å². The van der Waals surface area contributed by atoms with Crippen molar-refractivity contribution in [1.82, 2.24) is 0 Å². The fraction of sp³-hybridized carbons (Fsp3) is 0.533. The molecule has 0 aliphatic heterocycles. The Bertz CT molecular complexity index is 903. The molecular formula is C30H40O10. The molecule has 0 aromatic heterocycles. The Labute approximate surface area is 235 Å². The molecule has 0 atom stereocenters. The van der Waals surface area contributed by atoms with Gasteiger partial charge in [-0.1, -0.05) is 0 Å². The summed E-state index contributed by atoms with van der Waals surface area (Å²) < 4.78 is 42.9. The molecule has 1 aliphatic rings. The number of carbonyl (C=O) groups is 2. The van der Waals surface area contributed by atoms with Crippen LogP contribution in [0, 0.1) is 11.8 Å². The predicted molar refractivity (Wildman–Crippen MR) is 146 cm³/mol. The van der Waals surface area contributed by atoms with Crippen LogP contribution in [0.5, 0.6) is 23.0 Å². The molecule has 1 saturated carbocycles. The van der Waals surface area contributed by atoms with Crippen LogP contribution in [0.15, 0.2) is 48.5 Å². The standard InChI is InChI=1S/C30H40O10/c1-33-15-17-35-19-21-37-25-7-11-27(12-8-25)39-29(31)23-3-5-24(6-4-23)30(32)40-28-13-9-26(10-14-28)38-22-20-36-18-16-34-2/h7-14,23-24H,3-6,15-22H2,1-2H3. The first kappa shape index (κ1) is 31.3. The third kappa shape index (κ3) is 11.5. The molecule has 2 aromatic carbocycles. The second-order valence-corrected chi connectivity index (χ2v) is 9.24. The number of benzene rings is 2. The van der Waals surface area contributed by atoms with Crippen molar-refractivity contribution in [3.8, 4) is 23.0 Å². The summed E-state index contributed by atoms with van der Waals surface area (Å²) in [6, 6.07) is 13.8. The van der Waals surface area contributed by atoms with Crippen LogP contribution >= 0.6 is 0 Å². The Balaban J connectivity index is 1.32. The Kier molecular flexibility index (Phi) is 14.3. The van der Waals surface area contributed by atoms with E-state index in [-0.39, 0.29) is 23.8 Å².